The Morgan fingerprint density at radius 2 is 1.73 bits per heavy atom. The maximum Gasteiger partial charge on any atom is 0.403 e. The zero-order valence-corrected chi connectivity index (χ0v) is 6.71. The highest BCUT2D eigenvalue weighted by molar-refractivity contribution is 5.85. The average Bonchev–Trinajstić information content (AvgIpc) is 1.80. The van der Waals surface area contributed by atoms with Crippen molar-refractivity contribution >= 4 is 12.4 Å². The summed E-state index contributed by atoms with van der Waals surface area (Å²) in [6.07, 6.45) is -4.03. The van der Waals surface area contributed by atoms with Gasteiger partial charge >= 0.3 is 6.18 Å². The Labute approximate surface area is 69.5 Å². The number of nitrogens with two attached hydrogens (primary N) is 2. The summed E-state index contributed by atoms with van der Waals surface area (Å²) in [4.78, 5) is 0. The van der Waals surface area contributed by atoms with Crippen LogP contribution in [0.4, 0.5) is 13.2 Å². The van der Waals surface area contributed by atoms with Crippen LogP contribution in [0.1, 0.15) is 12.8 Å². The molecule has 0 aromatic rings. The zero-order valence-electron chi connectivity index (χ0n) is 5.90. The molecule has 0 fully saturated rings. The van der Waals surface area contributed by atoms with E-state index in [1.807, 2.05) is 0 Å². The standard InChI is InChI=1S/C5H11F3N2.ClH/c6-5(7,8)4(10)2-1-3-9;/h4H,1-3,9-10H2;1H/t4-;/m0./s1. The second-order valence-corrected chi connectivity index (χ2v) is 2.08. The van der Waals surface area contributed by atoms with Crippen molar-refractivity contribution in [2.75, 3.05) is 6.54 Å². The van der Waals surface area contributed by atoms with E-state index in [2.05, 4.69) is 0 Å². The molecule has 0 saturated carbocycles. The lowest BCUT2D eigenvalue weighted by molar-refractivity contribution is -0.148. The average molecular weight is 193 g/mol. The highest BCUT2D eigenvalue weighted by atomic mass is 35.5. The fourth-order valence-corrected chi connectivity index (χ4v) is 0.501. The van der Waals surface area contributed by atoms with Crippen LogP contribution in [0.25, 0.3) is 0 Å². The van der Waals surface area contributed by atoms with Gasteiger partial charge in [0.05, 0.1) is 0 Å². The largest absolute Gasteiger partial charge is 0.403 e. The summed E-state index contributed by atoms with van der Waals surface area (Å²) in [5, 5.41) is 0. The van der Waals surface area contributed by atoms with E-state index in [0.29, 0.717) is 6.42 Å². The summed E-state index contributed by atoms with van der Waals surface area (Å²) in [6, 6.07) is -1.71. The minimum Gasteiger partial charge on any atom is -0.330 e. The van der Waals surface area contributed by atoms with Crippen LogP contribution in [0, 0.1) is 0 Å². The maximum absolute atomic E-state index is 11.6. The number of hydrogen-bond acceptors (Lipinski definition) is 2. The summed E-state index contributed by atoms with van der Waals surface area (Å²) in [6.45, 7) is 0.254. The Morgan fingerprint density at radius 3 is 2.00 bits per heavy atom. The van der Waals surface area contributed by atoms with Gasteiger partial charge in [-0.05, 0) is 19.4 Å². The SMILES string of the molecule is Cl.NCCC[C@H](N)C(F)(F)F. The fourth-order valence-electron chi connectivity index (χ4n) is 0.501. The molecule has 0 unspecified atom stereocenters. The monoisotopic (exact) mass is 192 g/mol. The van der Waals surface area contributed by atoms with Crippen molar-refractivity contribution in [3.05, 3.63) is 0 Å². The van der Waals surface area contributed by atoms with Crippen molar-refractivity contribution < 1.29 is 13.2 Å². The Balaban J connectivity index is 0. The zero-order chi connectivity index (χ0) is 8.20. The first-order chi connectivity index (χ1) is 4.48. The van der Waals surface area contributed by atoms with Crippen molar-refractivity contribution in [2.45, 2.75) is 25.1 Å². The smallest absolute Gasteiger partial charge is 0.330 e. The Kier molecular flexibility index (Phi) is 6.94. The molecule has 6 heteroatoms. The molecule has 1 atom stereocenters. The molecule has 70 valence electrons. The van der Waals surface area contributed by atoms with Crippen LogP contribution in [-0.4, -0.2) is 18.8 Å². The first-order valence-corrected chi connectivity index (χ1v) is 3.01. The number of alkyl halides is 3. The third kappa shape index (κ3) is 6.40. The molecule has 0 aromatic carbocycles. The first kappa shape index (κ1) is 13.6. The van der Waals surface area contributed by atoms with Gasteiger partial charge in [0.15, 0.2) is 0 Å². The number of hydrogen-bond donors (Lipinski definition) is 2. The molecule has 0 radical (unpaired) electrons. The Morgan fingerprint density at radius 1 is 1.27 bits per heavy atom. The van der Waals surface area contributed by atoms with Gasteiger partial charge in [0.1, 0.15) is 6.04 Å². The van der Waals surface area contributed by atoms with Gasteiger partial charge in [0.2, 0.25) is 0 Å². The number of halogens is 4. The minimum atomic E-state index is -4.27. The third-order valence-electron chi connectivity index (χ3n) is 1.14. The molecular weight excluding hydrogens is 181 g/mol. The highest BCUT2D eigenvalue weighted by Gasteiger charge is 2.35. The van der Waals surface area contributed by atoms with Gasteiger partial charge in [0, 0.05) is 0 Å². The van der Waals surface area contributed by atoms with E-state index in [-0.39, 0.29) is 25.4 Å². The second kappa shape index (κ2) is 5.62. The molecule has 0 heterocycles. The van der Waals surface area contributed by atoms with Crippen LogP contribution in [0.2, 0.25) is 0 Å². The summed E-state index contributed by atoms with van der Waals surface area (Å²) in [5.74, 6) is 0. The molecule has 0 aromatic heterocycles. The molecule has 0 amide bonds. The third-order valence-corrected chi connectivity index (χ3v) is 1.14. The van der Waals surface area contributed by atoms with Crippen LogP contribution in [0.5, 0.6) is 0 Å². The van der Waals surface area contributed by atoms with E-state index in [9.17, 15) is 13.2 Å². The molecule has 0 saturated heterocycles. The van der Waals surface area contributed by atoms with Crippen LogP contribution >= 0.6 is 12.4 Å². The molecule has 0 rings (SSSR count). The minimum absolute atomic E-state index is 0. The van der Waals surface area contributed by atoms with Crippen molar-refractivity contribution in [1.29, 1.82) is 0 Å². The lowest BCUT2D eigenvalue weighted by atomic mass is 10.1. The van der Waals surface area contributed by atoms with Crippen molar-refractivity contribution in [2.24, 2.45) is 11.5 Å². The van der Waals surface area contributed by atoms with Gasteiger partial charge in [-0.15, -0.1) is 12.4 Å². The molecule has 4 N–H and O–H groups in total. The second-order valence-electron chi connectivity index (χ2n) is 2.08. The van der Waals surface area contributed by atoms with Gasteiger partial charge < -0.3 is 11.5 Å². The van der Waals surface area contributed by atoms with Gasteiger partial charge in [0.25, 0.3) is 0 Å². The maximum atomic E-state index is 11.6. The predicted octanol–water partition coefficient (Wildman–Crippen LogP) is 1.04. The van der Waals surface area contributed by atoms with Crippen LogP contribution in [-0.2, 0) is 0 Å². The molecule has 0 bridgehead atoms. The molecule has 0 spiro atoms. The van der Waals surface area contributed by atoms with Crippen molar-refractivity contribution in [3.8, 4) is 0 Å². The molecule has 0 aliphatic heterocycles. The Hall–Kier alpha value is -0.0000000000000000555. The summed E-state index contributed by atoms with van der Waals surface area (Å²) in [7, 11) is 0. The van der Waals surface area contributed by atoms with E-state index in [4.69, 9.17) is 11.5 Å². The van der Waals surface area contributed by atoms with Crippen LogP contribution < -0.4 is 11.5 Å². The molecule has 0 aliphatic carbocycles. The van der Waals surface area contributed by atoms with E-state index in [1.165, 1.54) is 0 Å². The van der Waals surface area contributed by atoms with Crippen LogP contribution in [0.15, 0.2) is 0 Å². The Bertz CT molecular complexity index is 96.2. The quantitative estimate of drug-likeness (QED) is 0.702. The lowest BCUT2D eigenvalue weighted by Crippen LogP contribution is -2.37. The normalized spacial score (nSPS) is 13.9. The van der Waals surface area contributed by atoms with E-state index >= 15 is 0 Å². The van der Waals surface area contributed by atoms with Gasteiger partial charge in [-0.3, -0.25) is 0 Å². The van der Waals surface area contributed by atoms with Crippen molar-refractivity contribution in [1.82, 2.24) is 0 Å². The van der Waals surface area contributed by atoms with E-state index in [0.717, 1.165) is 0 Å². The van der Waals surface area contributed by atoms with E-state index < -0.39 is 12.2 Å². The summed E-state index contributed by atoms with van der Waals surface area (Å²) in [5.41, 5.74) is 9.75. The lowest BCUT2D eigenvalue weighted by Gasteiger charge is -2.14. The number of rotatable bonds is 3. The fraction of sp³-hybridized carbons (Fsp3) is 1.00. The first-order valence-electron chi connectivity index (χ1n) is 3.01. The van der Waals surface area contributed by atoms with Gasteiger partial charge in [-0.1, -0.05) is 0 Å². The van der Waals surface area contributed by atoms with Crippen molar-refractivity contribution in [3.63, 3.8) is 0 Å². The summed E-state index contributed by atoms with van der Waals surface area (Å²) >= 11 is 0. The van der Waals surface area contributed by atoms with Crippen LogP contribution in [0.3, 0.4) is 0 Å². The topological polar surface area (TPSA) is 52.0 Å². The highest BCUT2D eigenvalue weighted by Crippen LogP contribution is 2.20. The van der Waals surface area contributed by atoms with Gasteiger partial charge in [-0.2, -0.15) is 13.2 Å². The molecular formula is C5H12ClF3N2. The van der Waals surface area contributed by atoms with Gasteiger partial charge in [-0.25, -0.2) is 0 Å². The molecule has 11 heavy (non-hydrogen) atoms. The summed E-state index contributed by atoms with van der Waals surface area (Å²) < 4.78 is 34.8. The van der Waals surface area contributed by atoms with E-state index in [1.54, 1.807) is 0 Å². The molecule has 0 aliphatic rings. The molecule has 2 nitrogen and oxygen atoms in total. The predicted molar refractivity (Wildman–Crippen MR) is 39.6 cm³/mol.